The highest BCUT2D eigenvalue weighted by Gasteiger charge is 2.42. The third kappa shape index (κ3) is 4.46. The maximum atomic E-state index is 13.0. The Hall–Kier alpha value is -2.57. The number of imide groups is 1. The van der Waals surface area contributed by atoms with Crippen molar-refractivity contribution in [2.75, 3.05) is 20.3 Å². The molecule has 7 heteroatoms. The van der Waals surface area contributed by atoms with Crippen LogP contribution in [0.15, 0.2) is 48.5 Å². The van der Waals surface area contributed by atoms with Crippen LogP contribution in [-0.2, 0) is 16.0 Å². The van der Waals surface area contributed by atoms with Gasteiger partial charge in [-0.05, 0) is 42.3 Å². The summed E-state index contributed by atoms with van der Waals surface area (Å²) in [5.74, 6) is 0.458. The molecule has 1 aliphatic rings. The fourth-order valence-electron chi connectivity index (χ4n) is 3.31. The van der Waals surface area contributed by atoms with Gasteiger partial charge in [-0.1, -0.05) is 35.9 Å². The molecule has 1 saturated heterocycles. The van der Waals surface area contributed by atoms with Crippen LogP contribution < -0.4 is 10.1 Å². The van der Waals surface area contributed by atoms with Gasteiger partial charge in [0.05, 0.1) is 19.3 Å². The fraction of sp³-hybridized carbons (Fsp3) is 0.333. The zero-order chi connectivity index (χ0) is 20.1. The summed E-state index contributed by atoms with van der Waals surface area (Å²) in [5.41, 5.74) is 1.69. The van der Waals surface area contributed by atoms with Crippen molar-refractivity contribution in [2.45, 2.75) is 25.4 Å². The van der Waals surface area contributed by atoms with Crippen LogP contribution in [0.3, 0.4) is 0 Å². The van der Waals surface area contributed by atoms with E-state index in [1.54, 1.807) is 19.2 Å². The Bertz CT molecular complexity index is 841. The van der Waals surface area contributed by atoms with Crippen molar-refractivity contribution in [1.82, 2.24) is 10.2 Å². The van der Waals surface area contributed by atoms with Gasteiger partial charge in [-0.25, -0.2) is 4.79 Å². The summed E-state index contributed by atoms with van der Waals surface area (Å²) < 4.78 is 10.8. The number of carbonyl (C=O) groups excluding carboxylic acids is 2. The van der Waals surface area contributed by atoms with E-state index in [9.17, 15) is 9.59 Å². The molecule has 0 aliphatic carbocycles. The minimum atomic E-state index is -0.631. The van der Waals surface area contributed by atoms with Crippen LogP contribution in [0, 0.1) is 0 Å². The summed E-state index contributed by atoms with van der Waals surface area (Å²) >= 11 is 6.02. The van der Waals surface area contributed by atoms with E-state index in [0.29, 0.717) is 18.1 Å². The molecular formula is C21H23ClN2O4. The average molecular weight is 403 g/mol. The zero-order valence-electron chi connectivity index (χ0n) is 15.9. The maximum absolute atomic E-state index is 13.0. The maximum Gasteiger partial charge on any atom is 0.325 e. The van der Waals surface area contributed by atoms with Gasteiger partial charge in [0.1, 0.15) is 11.8 Å². The van der Waals surface area contributed by atoms with Gasteiger partial charge >= 0.3 is 6.03 Å². The fourth-order valence-corrected chi connectivity index (χ4v) is 3.52. The van der Waals surface area contributed by atoms with E-state index in [0.717, 1.165) is 16.9 Å². The number of amides is 3. The number of halogens is 1. The predicted octanol–water partition coefficient (Wildman–Crippen LogP) is 3.59. The second kappa shape index (κ2) is 9.08. The van der Waals surface area contributed by atoms with Crippen molar-refractivity contribution in [3.05, 3.63) is 64.7 Å². The summed E-state index contributed by atoms with van der Waals surface area (Å²) in [6, 6.07) is 13.0. The number of benzene rings is 2. The molecule has 6 nitrogen and oxygen atoms in total. The van der Waals surface area contributed by atoms with Crippen LogP contribution in [0.5, 0.6) is 5.75 Å². The van der Waals surface area contributed by atoms with Crippen LogP contribution in [-0.4, -0.2) is 43.2 Å². The first-order valence-electron chi connectivity index (χ1n) is 9.13. The largest absolute Gasteiger partial charge is 0.494 e. The smallest absolute Gasteiger partial charge is 0.325 e. The lowest BCUT2D eigenvalue weighted by atomic mass is 10.0. The second-order valence-electron chi connectivity index (χ2n) is 6.52. The summed E-state index contributed by atoms with van der Waals surface area (Å²) in [6.45, 7) is 2.69. The molecule has 1 N–H and O–H groups in total. The van der Waals surface area contributed by atoms with Crippen molar-refractivity contribution >= 4 is 23.5 Å². The van der Waals surface area contributed by atoms with Crippen LogP contribution in [0.2, 0.25) is 5.02 Å². The molecule has 0 saturated carbocycles. The molecule has 0 bridgehead atoms. The van der Waals surface area contributed by atoms with Gasteiger partial charge in [0, 0.05) is 18.6 Å². The average Bonchev–Trinajstić information content (AvgIpc) is 2.94. The number of hydrogen-bond acceptors (Lipinski definition) is 4. The molecule has 0 aromatic heterocycles. The predicted molar refractivity (Wildman–Crippen MR) is 107 cm³/mol. The number of urea groups is 1. The lowest BCUT2D eigenvalue weighted by Crippen LogP contribution is -2.37. The standard InChI is InChI=1S/C21H23ClN2O4/c1-3-28-17-9-7-15(8-10-17)19(13-27-2)24-20(25)18(23-21(24)26)12-14-5-4-6-16(22)11-14/h4-11,18-19H,3,12-13H2,1-2H3,(H,23,26)/t18-,19+/m0/s1. The van der Waals surface area contributed by atoms with Crippen molar-refractivity contribution < 1.29 is 19.1 Å². The lowest BCUT2D eigenvalue weighted by Gasteiger charge is -2.25. The number of ether oxygens (including phenoxy) is 2. The van der Waals surface area contributed by atoms with Gasteiger partial charge in [-0.3, -0.25) is 9.69 Å². The van der Waals surface area contributed by atoms with E-state index in [1.807, 2.05) is 43.3 Å². The molecule has 0 spiro atoms. The van der Waals surface area contributed by atoms with Crippen molar-refractivity contribution in [2.24, 2.45) is 0 Å². The summed E-state index contributed by atoms with van der Waals surface area (Å²) in [7, 11) is 1.55. The SMILES string of the molecule is CCOc1ccc([C@@H](COC)N2C(=O)N[C@@H](Cc3cccc(Cl)c3)C2=O)cc1. The second-order valence-corrected chi connectivity index (χ2v) is 6.95. The Morgan fingerprint density at radius 3 is 2.57 bits per heavy atom. The number of rotatable bonds is 8. The molecule has 28 heavy (non-hydrogen) atoms. The van der Waals surface area contributed by atoms with Gasteiger partial charge in [-0.15, -0.1) is 0 Å². The number of hydrogen-bond donors (Lipinski definition) is 1. The van der Waals surface area contributed by atoms with Crippen molar-refractivity contribution in [3.63, 3.8) is 0 Å². The van der Waals surface area contributed by atoms with Crippen molar-refractivity contribution in [1.29, 1.82) is 0 Å². The molecule has 148 valence electrons. The summed E-state index contributed by atoms with van der Waals surface area (Å²) in [4.78, 5) is 26.8. The number of carbonyl (C=O) groups is 2. The van der Waals surface area contributed by atoms with Gasteiger partial charge in [0.15, 0.2) is 0 Å². The third-order valence-electron chi connectivity index (χ3n) is 4.59. The minimum absolute atomic E-state index is 0.205. The lowest BCUT2D eigenvalue weighted by molar-refractivity contribution is -0.130. The summed E-state index contributed by atoms with van der Waals surface area (Å²) in [6.07, 6.45) is 0.380. The van der Waals surface area contributed by atoms with Gasteiger partial charge in [0.25, 0.3) is 5.91 Å². The monoisotopic (exact) mass is 402 g/mol. The van der Waals surface area contributed by atoms with E-state index in [-0.39, 0.29) is 12.5 Å². The molecule has 0 unspecified atom stereocenters. The Morgan fingerprint density at radius 1 is 1.18 bits per heavy atom. The van der Waals surface area contributed by atoms with Crippen LogP contribution in [0.25, 0.3) is 0 Å². The highest BCUT2D eigenvalue weighted by molar-refractivity contribution is 6.30. The molecule has 1 aliphatic heterocycles. The molecule has 0 radical (unpaired) electrons. The normalized spacial score (nSPS) is 17.5. The quantitative estimate of drug-likeness (QED) is 0.685. The zero-order valence-corrected chi connectivity index (χ0v) is 16.6. The minimum Gasteiger partial charge on any atom is -0.494 e. The van der Waals surface area contributed by atoms with Crippen LogP contribution in [0.1, 0.15) is 24.1 Å². The Labute approximate surface area is 169 Å². The molecule has 2 atom stereocenters. The van der Waals surface area contributed by atoms with Gasteiger partial charge < -0.3 is 14.8 Å². The molecule has 2 aromatic carbocycles. The molecule has 3 amide bonds. The molecule has 2 aromatic rings. The van der Waals surface area contributed by atoms with Crippen molar-refractivity contribution in [3.8, 4) is 5.75 Å². The Balaban J connectivity index is 1.80. The van der Waals surface area contributed by atoms with Gasteiger partial charge in [0.2, 0.25) is 0 Å². The molecular weight excluding hydrogens is 380 g/mol. The molecule has 3 rings (SSSR count). The first kappa shape index (κ1) is 20.2. The third-order valence-corrected chi connectivity index (χ3v) is 4.83. The highest BCUT2D eigenvalue weighted by Crippen LogP contribution is 2.28. The van der Waals surface area contributed by atoms with E-state index in [2.05, 4.69) is 5.32 Å². The Morgan fingerprint density at radius 2 is 1.93 bits per heavy atom. The molecule has 1 heterocycles. The van der Waals surface area contributed by atoms with E-state index < -0.39 is 18.1 Å². The van der Waals surface area contributed by atoms with E-state index in [4.69, 9.17) is 21.1 Å². The first-order chi connectivity index (χ1) is 13.5. The van der Waals surface area contributed by atoms with Crippen LogP contribution in [0.4, 0.5) is 4.79 Å². The first-order valence-corrected chi connectivity index (χ1v) is 9.51. The number of nitrogens with one attached hydrogen (secondary N) is 1. The highest BCUT2D eigenvalue weighted by atomic mass is 35.5. The Kier molecular flexibility index (Phi) is 6.54. The number of methoxy groups -OCH3 is 1. The topological polar surface area (TPSA) is 67.9 Å². The molecule has 1 fully saturated rings. The van der Waals surface area contributed by atoms with E-state index in [1.165, 1.54) is 4.90 Å². The summed E-state index contributed by atoms with van der Waals surface area (Å²) in [5, 5.41) is 3.37. The van der Waals surface area contributed by atoms with Crippen LogP contribution >= 0.6 is 11.6 Å². The number of nitrogens with zero attached hydrogens (tertiary/aromatic N) is 1. The van der Waals surface area contributed by atoms with E-state index >= 15 is 0 Å². The van der Waals surface area contributed by atoms with Gasteiger partial charge in [-0.2, -0.15) is 0 Å².